The molecule has 0 bridgehead atoms. The van der Waals surface area contributed by atoms with E-state index in [1.165, 1.54) is 180 Å². The molecule has 0 aliphatic rings. The van der Waals surface area contributed by atoms with Crippen molar-refractivity contribution in [1.82, 2.24) is 5.32 Å². The first-order valence-corrected chi connectivity index (χ1v) is 19.6. The highest BCUT2D eigenvalue weighted by molar-refractivity contribution is 4.82. The van der Waals surface area contributed by atoms with Crippen LogP contribution in [0.25, 0.3) is 0 Å². The molecule has 43 heavy (non-hydrogen) atoms. The zero-order chi connectivity index (χ0) is 31.0. The summed E-state index contributed by atoms with van der Waals surface area (Å²) in [6.45, 7) is 9.91. The normalized spacial score (nSPS) is 12.0. The summed E-state index contributed by atoms with van der Waals surface area (Å²) < 4.78 is 11.6. The summed E-state index contributed by atoms with van der Waals surface area (Å²) >= 11 is 0. The molecule has 3 nitrogen and oxygen atoms in total. The van der Waals surface area contributed by atoms with Crippen LogP contribution < -0.4 is 5.32 Å². The van der Waals surface area contributed by atoms with Crippen LogP contribution in [0.2, 0.25) is 0 Å². The van der Waals surface area contributed by atoms with Gasteiger partial charge in [-0.2, -0.15) is 0 Å². The minimum atomic E-state index is 0.819. The lowest BCUT2D eigenvalue weighted by Crippen LogP contribution is -2.24. The van der Waals surface area contributed by atoms with Crippen molar-refractivity contribution in [3.8, 4) is 0 Å². The molecular formula is C40H79NO2. The van der Waals surface area contributed by atoms with Gasteiger partial charge in [0.1, 0.15) is 0 Å². The van der Waals surface area contributed by atoms with Crippen LogP contribution in [0.5, 0.6) is 0 Å². The fourth-order valence-electron chi connectivity index (χ4n) is 5.52. The van der Waals surface area contributed by atoms with Gasteiger partial charge in [0.25, 0.3) is 0 Å². The van der Waals surface area contributed by atoms with Gasteiger partial charge < -0.3 is 14.8 Å². The van der Waals surface area contributed by atoms with E-state index in [4.69, 9.17) is 9.47 Å². The molecule has 0 atom stereocenters. The van der Waals surface area contributed by atoms with Crippen molar-refractivity contribution < 1.29 is 9.47 Å². The summed E-state index contributed by atoms with van der Waals surface area (Å²) in [7, 11) is 0. The van der Waals surface area contributed by atoms with Crippen LogP contribution >= 0.6 is 0 Å². The third-order valence-electron chi connectivity index (χ3n) is 8.45. The number of rotatable bonds is 38. The zero-order valence-corrected chi connectivity index (χ0v) is 29.7. The maximum Gasteiger partial charge on any atom is 0.0590 e. The maximum atomic E-state index is 5.78. The topological polar surface area (TPSA) is 30.5 Å². The Bertz CT molecular complexity index is 487. The molecule has 0 amide bonds. The first kappa shape index (κ1) is 42.4. The van der Waals surface area contributed by atoms with E-state index in [2.05, 4.69) is 43.5 Å². The second-order valence-corrected chi connectivity index (χ2v) is 12.9. The van der Waals surface area contributed by atoms with Gasteiger partial charge in [-0.05, 0) is 64.2 Å². The van der Waals surface area contributed by atoms with Gasteiger partial charge >= 0.3 is 0 Å². The molecule has 0 saturated carbocycles. The van der Waals surface area contributed by atoms with E-state index in [9.17, 15) is 0 Å². The lowest BCUT2D eigenvalue weighted by Gasteiger charge is -2.07. The first-order chi connectivity index (χ1) is 21.4. The maximum absolute atomic E-state index is 5.78. The van der Waals surface area contributed by atoms with E-state index >= 15 is 0 Å². The van der Waals surface area contributed by atoms with Gasteiger partial charge in [0, 0.05) is 26.3 Å². The molecule has 0 aromatic heterocycles. The van der Waals surface area contributed by atoms with Gasteiger partial charge in [0.05, 0.1) is 13.2 Å². The fraction of sp³-hybridized carbons (Fsp3) is 0.900. The minimum Gasteiger partial charge on any atom is -0.380 e. The smallest absolute Gasteiger partial charge is 0.0590 e. The molecule has 0 aromatic rings. The number of allylic oxidation sites excluding steroid dienone is 4. The van der Waals surface area contributed by atoms with Crippen molar-refractivity contribution in [2.45, 2.75) is 194 Å². The average molecular weight is 606 g/mol. The van der Waals surface area contributed by atoms with E-state index in [0.29, 0.717) is 0 Å². The standard InChI is InChI=1S/C40H79NO2/c1-3-5-7-9-11-13-15-17-19-21-23-25-27-29-31-33-37-42-39-35-41-36-40-43-38-34-32-30-28-26-24-22-20-18-16-14-12-10-8-6-4-2/h17-20,41H,3-16,21-40H2,1-2H3. The molecule has 0 aliphatic heterocycles. The van der Waals surface area contributed by atoms with Crippen molar-refractivity contribution in [2.75, 3.05) is 39.5 Å². The SMILES string of the molecule is CCCCCCCCC=CCCCCCCCCOCCNCCOCCCCCCCCC=CCCCCCCCC. The molecule has 0 saturated heterocycles. The van der Waals surface area contributed by atoms with E-state index in [0.717, 1.165) is 39.5 Å². The minimum absolute atomic E-state index is 0.819. The number of ether oxygens (including phenoxy) is 2. The quantitative estimate of drug-likeness (QED) is 0.0561. The van der Waals surface area contributed by atoms with Crippen LogP contribution in [0.1, 0.15) is 194 Å². The highest BCUT2D eigenvalue weighted by Crippen LogP contribution is 2.11. The second-order valence-electron chi connectivity index (χ2n) is 12.9. The van der Waals surface area contributed by atoms with Crippen LogP contribution in [-0.4, -0.2) is 39.5 Å². The van der Waals surface area contributed by atoms with E-state index < -0.39 is 0 Å². The van der Waals surface area contributed by atoms with Gasteiger partial charge in [0.2, 0.25) is 0 Å². The lowest BCUT2D eigenvalue weighted by atomic mass is 10.1. The third kappa shape index (κ3) is 41.4. The molecule has 3 heteroatoms. The zero-order valence-electron chi connectivity index (χ0n) is 29.7. The summed E-state index contributed by atoms with van der Waals surface area (Å²) in [4.78, 5) is 0. The summed E-state index contributed by atoms with van der Waals surface area (Å²) in [6.07, 6.45) is 47.6. The summed E-state index contributed by atoms with van der Waals surface area (Å²) in [6, 6.07) is 0. The van der Waals surface area contributed by atoms with Crippen molar-refractivity contribution in [3.63, 3.8) is 0 Å². The van der Waals surface area contributed by atoms with Crippen molar-refractivity contribution in [3.05, 3.63) is 24.3 Å². The van der Waals surface area contributed by atoms with Crippen LogP contribution in [0.4, 0.5) is 0 Å². The Hall–Kier alpha value is -0.640. The number of nitrogens with one attached hydrogen (secondary N) is 1. The molecule has 0 spiro atoms. The highest BCUT2D eigenvalue weighted by atomic mass is 16.5. The van der Waals surface area contributed by atoms with Gasteiger partial charge in [-0.25, -0.2) is 0 Å². The fourth-order valence-corrected chi connectivity index (χ4v) is 5.52. The van der Waals surface area contributed by atoms with Gasteiger partial charge in [-0.15, -0.1) is 0 Å². The Kier molecular flexibility index (Phi) is 40.7. The third-order valence-corrected chi connectivity index (χ3v) is 8.45. The molecular weight excluding hydrogens is 526 g/mol. The lowest BCUT2D eigenvalue weighted by molar-refractivity contribution is 0.117. The summed E-state index contributed by atoms with van der Waals surface area (Å²) in [5.41, 5.74) is 0. The Labute approximate surface area is 271 Å². The highest BCUT2D eigenvalue weighted by Gasteiger charge is 1.95. The summed E-state index contributed by atoms with van der Waals surface area (Å²) in [5, 5.41) is 3.44. The summed E-state index contributed by atoms with van der Waals surface area (Å²) in [5.74, 6) is 0. The molecule has 256 valence electrons. The Balaban J connectivity index is 3.09. The second kappa shape index (κ2) is 41.4. The molecule has 0 heterocycles. The molecule has 0 fully saturated rings. The molecule has 0 radical (unpaired) electrons. The van der Waals surface area contributed by atoms with Gasteiger partial charge in [-0.3, -0.25) is 0 Å². The number of hydrogen-bond donors (Lipinski definition) is 1. The average Bonchev–Trinajstić information content (AvgIpc) is 3.02. The van der Waals surface area contributed by atoms with Crippen molar-refractivity contribution in [2.24, 2.45) is 0 Å². The van der Waals surface area contributed by atoms with E-state index in [-0.39, 0.29) is 0 Å². The van der Waals surface area contributed by atoms with Crippen LogP contribution in [0, 0.1) is 0 Å². The predicted molar refractivity (Wildman–Crippen MR) is 193 cm³/mol. The van der Waals surface area contributed by atoms with Crippen LogP contribution in [-0.2, 0) is 9.47 Å². The predicted octanol–water partition coefficient (Wildman–Crippen LogP) is 12.7. The van der Waals surface area contributed by atoms with E-state index in [1.807, 2.05) is 0 Å². The van der Waals surface area contributed by atoms with Crippen molar-refractivity contribution in [1.29, 1.82) is 0 Å². The van der Waals surface area contributed by atoms with Crippen molar-refractivity contribution >= 4 is 0 Å². The Morgan fingerprint density at radius 2 is 0.605 bits per heavy atom. The first-order valence-electron chi connectivity index (χ1n) is 19.6. The largest absolute Gasteiger partial charge is 0.380 e. The van der Waals surface area contributed by atoms with Gasteiger partial charge in [0.15, 0.2) is 0 Å². The van der Waals surface area contributed by atoms with E-state index in [1.54, 1.807) is 0 Å². The monoisotopic (exact) mass is 606 g/mol. The van der Waals surface area contributed by atoms with Crippen LogP contribution in [0.15, 0.2) is 24.3 Å². The number of hydrogen-bond acceptors (Lipinski definition) is 3. The molecule has 0 rings (SSSR count). The molecule has 1 N–H and O–H groups in total. The molecule has 0 aromatic carbocycles. The number of unbranched alkanes of at least 4 members (excludes halogenated alkanes) is 24. The molecule has 0 unspecified atom stereocenters. The Morgan fingerprint density at radius 3 is 0.930 bits per heavy atom. The molecule has 0 aliphatic carbocycles. The Morgan fingerprint density at radius 1 is 0.326 bits per heavy atom. The van der Waals surface area contributed by atoms with Crippen LogP contribution in [0.3, 0.4) is 0 Å². The van der Waals surface area contributed by atoms with Gasteiger partial charge in [-0.1, -0.05) is 154 Å².